The molecule has 0 radical (unpaired) electrons. The summed E-state index contributed by atoms with van der Waals surface area (Å²) in [6.45, 7) is 5.38. The van der Waals surface area contributed by atoms with Gasteiger partial charge in [-0.25, -0.2) is 0 Å². The topological polar surface area (TPSA) is 64.4 Å². The zero-order valence-electron chi connectivity index (χ0n) is 11.9. The van der Waals surface area contributed by atoms with E-state index in [0.29, 0.717) is 18.7 Å². The Hall–Kier alpha value is -1.68. The van der Waals surface area contributed by atoms with Crippen LogP contribution in [0.2, 0.25) is 0 Å². The van der Waals surface area contributed by atoms with Crippen molar-refractivity contribution in [2.24, 2.45) is 0 Å². The molecule has 1 saturated heterocycles. The fourth-order valence-corrected chi connectivity index (χ4v) is 4.01. The second-order valence-electron chi connectivity index (χ2n) is 5.00. The van der Waals surface area contributed by atoms with Gasteiger partial charge in [-0.1, -0.05) is 18.2 Å². The maximum absolute atomic E-state index is 12.6. The van der Waals surface area contributed by atoms with Crippen LogP contribution >= 0.6 is 0 Å². The first kappa shape index (κ1) is 15.7. The van der Waals surface area contributed by atoms with Crippen molar-refractivity contribution in [3.8, 4) is 6.07 Å². The van der Waals surface area contributed by atoms with Crippen LogP contribution in [0.1, 0.15) is 24.0 Å². The molecule has 2 rings (SSSR count). The van der Waals surface area contributed by atoms with Crippen LogP contribution in [0.5, 0.6) is 0 Å². The van der Waals surface area contributed by atoms with E-state index in [1.165, 1.54) is 8.61 Å². The van der Waals surface area contributed by atoms with Crippen molar-refractivity contribution < 1.29 is 8.42 Å². The Morgan fingerprint density at radius 1 is 1.29 bits per heavy atom. The van der Waals surface area contributed by atoms with Crippen molar-refractivity contribution in [1.29, 1.82) is 5.26 Å². The smallest absolute Gasteiger partial charge is 0.195 e. The van der Waals surface area contributed by atoms with Gasteiger partial charge in [0, 0.05) is 26.2 Å². The quantitative estimate of drug-likeness (QED) is 0.754. The average Bonchev–Trinajstić information content (AvgIpc) is 3.02. The van der Waals surface area contributed by atoms with E-state index in [9.17, 15) is 8.42 Å². The van der Waals surface area contributed by atoms with E-state index in [2.05, 4.69) is 12.6 Å². The van der Waals surface area contributed by atoms with Crippen molar-refractivity contribution in [2.45, 2.75) is 19.4 Å². The Morgan fingerprint density at radius 2 is 1.90 bits per heavy atom. The van der Waals surface area contributed by atoms with Gasteiger partial charge in [-0.3, -0.25) is 0 Å². The molecule has 0 saturated carbocycles. The number of nitriles is 1. The van der Waals surface area contributed by atoms with Crippen LogP contribution < -0.4 is 0 Å². The number of hydrogen-bond donors (Lipinski definition) is 0. The van der Waals surface area contributed by atoms with Gasteiger partial charge in [-0.05, 0) is 30.5 Å². The largest absolute Gasteiger partial charge is 0.282 e. The van der Waals surface area contributed by atoms with Gasteiger partial charge in [0.25, 0.3) is 10.2 Å². The van der Waals surface area contributed by atoms with Gasteiger partial charge < -0.3 is 0 Å². The second-order valence-corrected chi connectivity index (χ2v) is 6.93. The molecule has 0 aromatic heterocycles. The molecule has 1 fully saturated rings. The molecule has 0 spiro atoms. The summed E-state index contributed by atoms with van der Waals surface area (Å²) >= 11 is 0. The lowest BCUT2D eigenvalue weighted by molar-refractivity contribution is 0.375. The minimum atomic E-state index is -3.45. The highest BCUT2D eigenvalue weighted by Gasteiger charge is 2.30. The Bertz CT molecular complexity index is 626. The Balaban J connectivity index is 2.18. The van der Waals surface area contributed by atoms with Crippen molar-refractivity contribution in [3.05, 3.63) is 48.0 Å². The standard InChI is InChI=1S/C15H19N3O2S/c1-2-9-18(21(19,20)17-10-3-4-11-17)13-15-7-5-14(12-16)6-8-15/h2,5-8H,1,3-4,9-11,13H2. The first-order chi connectivity index (χ1) is 10.1. The van der Waals surface area contributed by atoms with Gasteiger partial charge in [-0.2, -0.15) is 22.3 Å². The monoisotopic (exact) mass is 305 g/mol. The highest BCUT2D eigenvalue weighted by atomic mass is 32.2. The third kappa shape index (κ3) is 3.70. The molecule has 0 unspecified atom stereocenters. The minimum Gasteiger partial charge on any atom is -0.195 e. The zero-order chi connectivity index (χ0) is 15.3. The molecule has 112 valence electrons. The van der Waals surface area contributed by atoms with Crippen LogP contribution in [0.3, 0.4) is 0 Å². The van der Waals surface area contributed by atoms with Crippen LogP contribution in [0.25, 0.3) is 0 Å². The van der Waals surface area contributed by atoms with Crippen molar-refractivity contribution >= 4 is 10.2 Å². The van der Waals surface area contributed by atoms with Crippen molar-refractivity contribution in [2.75, 3.05) is 19.6 Å². The predicted molar refractivity (Wildman–Crippen MR) is 81.5 cm³/mol. The molecule has 1 heterocycles. The normalized spacial score (nSPS) is 16.0. The van der Waals surface area contributed by atoms with E-state index in [4.69, 9.17) is 5.26 Å². The molecule has 0 N–H and O–H groups in total. The van der Waals surface area contributed by atoms with Crippen LogP contribution in [0.4, 0.5) is 0 Å². The SMILES string of the molecule is C=CCN(Cc1ccc(C#N)cc1)S(=O)(=O)N1CCCC1. The molecule has 6 heteroatoms. The molecule has 1 aromatic rings. The van der Waals surface area contributed by atoms with Crippen molar-refractivity contribution in [3.63, 3.8) is 0 Å². The zero-order valence-corrected chi connectivity index (χ0v) is 12.7. The van der Waals surface area contributed by atoms with E-state index in [-0.39, 0.29) is 13.1 Å². The summed E-state index contributed by atoms with van der Waals surface area (Å²) in [6.07, 6.45) is 3.42. The summed E-state index contributed by atoms with van der Waals surface area (Å²) in [5, 5.41) is 8.79. The minimum absolute atomic E-state index is 0.277. The molecular formula is C15H19N3O2S. The summed E-state index contributed by atoms with van der Waals surface area (Å²) in [5.74, 6) is 0. The molecule has 1 aliphatic heterocycles. The molecule has 0 atom stereocenters. The Morgan fingerprint density at radius 3 is 2.43 bits per heavy atom. The van der Waals surface area contributed by atoms with Crippen LogP contribution in [-0.4, -0.2) is 36.7 Å². The Labute approximate surface area is 126 Å². The van der Waals surface area contributed by atoms with Gasteiger partial charge in [0.1, 0.15) is 0 Å². The first-order valence-electron chi connectivity index (χ1n) is 6.93. The number of benzene rings is 1. The van der Waals surface area contributed by atoms with Gasteiger partial charge >= 0.3 is 0 Å². The number of hydrogen-bond acceptors (Lipinski definition) is 3. The third-order valence-corrected chi connectivity index (χ3v) is 5.44. The molecule has 1 aliphatic rings. The highest BCUT2D eigenvalue weighted by Crippen LogP contribution is 2.19. The molecular weight excluding hydrogens is 286 g/mol. The first-order valence-corrected chi connectivity index (χ1v) is 8.33. The lowest BCUT2D eigenvalue weighted by atomic mass is 10.1. The molecule has 0 amide bonds. The third-order valence-electron chi connectivity index (χ3n) is 3.49. The summed E-state index contributed by atoms with van der Waals surface area (Å²) < 4.78 is 28.2. The van der Waals surface area contributed by atoms with Crippen molar-refractivity contribution in [1.82, 2.24) is 8.61 Å². The predicted octanol–water partition coefficient (Wildman–Crippen LogP) is 1.89. The molecule has 0 bridgehead atoms. The van der Waals surface area contributed by atoms with Crippen LogP contribution in [-0.2, 0) is 16.8 Å². The summed E-state index contributed by atoms with van der Waals surface area (Å²) in [6, 6.07) is 9.02. The number of nitrogens with zero attached hydrogens (tertiary/aromatic N) is 3. The fraction of sp³-hybridized carbons (Fsp3) is 0.400. The lowest BCUT2D eigenvalue weighted by Gasteiger charge is -2.26. The van der Waals surface area contributed by atoms with E-state index in [1.54, 1.807) is 30.3 Å². The lowest BCUT2D eigenvalue weighted by Crippen LogP contribution is -2.42. The summed E-state index contributed by atoms with van der Waals surface area (Å²) in [5.41, 5.74) is 1.43. The molecule has 5 nitrogen and oxygen atoms in total. The van der Waals surface area contributed by atoms with Crippen LogP contribution in [0.15, 0.2) is 36.9 Å². The maximum atomic E-state index is 12.6. The molecule has 1 aromatic carbocycles. The van der Waals surface area contributed by atoms with Gasteiger partial charge in [0.05, 0.1) is 11.6 Å². The van der Waals surface area contributed by atoms with E-state index < -0.39 is 10.2 Å². The molecule has 0 aliphatic carbocycles. The maximum Gasteiger partial charge on any atom is 0.282 e. The van der Waals surface area contributed by atoms with E-state index in [1.807, 2.05) is 0 Å². The highest BCUT2D eigenvalue weighted by molar-refractivity contribution is 7.86. The summed E-state index contributed by atoms with van der Waals surface area (Å²) in [7, 11) is -3.45. The Kier molecular flexibility index (Phi) is 5.12. The van der Waals surface area contributed by atoms with E-state index in [0.717, 1.165) is 18.4 Å². The second kappa shape index (κ2) is 6.85. The van der Waals surface area contributed by atoms with Gasteiger partial charge in [0.2, 0.25) is 0 Å². The van der Waals surface area contributed by atoms with Crippen LogP contribution in [0, 0.1) is 11.3 Å². The van der Waals surface area contributed by atoms with E-state index >= 15 is 0 Å². The summed E-state index contributed by atoms with van der Waals surface area (Å²) in [4.78, 5) is 0. The average molecular weight is 305 g/mol. The van der Waals surface area contributed by atoms with Gasteiger partial charge in [-0.15, -0.1) is 6.58 Å². The van der Waals surface area contributed by atoms with Gasteiger partial charge in [0.15, 0.2) is 0 Å². The fourth-order valence-electron chi connectivity index (χ4n) is 2.35. The molecule has 21 heavy (non-hydrogen) atoms. The number of rotatable bonds is 6.